The topological polar surface area (TPSA) is 33.0 Å². The Hall–Kier alpha value is -1.07. The molecule has 0 aromatic carbocycles. The minimum atomic E-state index is -0.111. The smallest absolute Gasteiger partial charge is 0.0952 e. The average Bonchev–Trinajstić information content (AvgIpc) is 2.06. The summed E-state index contributed by atoms with van der Waals surface area (Å²) in [5.41, 5.74) is 0. The second-order valence-corrected chi connectivity index (χ2v) is 2.34. The van der Waals surface area contributed by atoms with E-state index in [1.54, 1.807) is 0 Å². The van der Waals surface area contributed by atoms with Gasteiger partial charge < -0.3 is 4.74 Å². The van der Waals surface area contributed by atoms with Crippen LogP contribution in [-0.4, -0.2) is 12.7 Å². The fraction of sp³-hybridized carbons (Fsp3) is 0.444. The second kappa shape index (κ2) is 3.95. The first-order valence-electron chi connectivity index (χ1n) is 3.74. The molecule has 2 unspecified atom stereocenters. The summed E-state index contributed by atoms with van der Waals surface area (Å²) in [4.78, 5) is 0. The fourth-order valence-electron chi connectivity index (χ4n) is 1.05. The number of hydrogen-bond donors (Lipinski definition) is 0. The van der Waals surface area contributed by atoms with Gasteiger partial charge in [-0.25, -0.2) is 0 Å². The molecule has 0 fully saturated rings. The molecule has 1 aliphatic carbocycles. The van der Waals surface area contributed by atoms with Crippen LogP contribution in [0.4, 0.5) is 0 Å². The largest absolute Gasteiger partial charge is 0.373 e. The van der Waals surface area contributed by atoms with Gasteiger partial charge in [0.1, 0.15) is 0 Å². The fourth-order valence-corrected chi connectivity index (χ4v) is 1.05. The van der Waals surface area contributed by atoms with Gasteiger partial charge in [-0.15, -0.1) is 0 Å². The van der Waals surface area contributed by atoms with Gasteiger partial charge in [-0.1, -0.05) is 24.3 Å². The maximum Gasteiger partial charge on any atom is 0.0952 e. The molecule has 0 bridgehead atoms. The van der Waals surface area contributed by atoms with Crippen molar-refractivity contribution in [2.24, 2.45) is 5.92 Å². The lowest BCUT2D eigenvalue weighted by molar-refractivity contribution is 0.0805. The maximum atomic E-state index is 8.67. The number of allylic oxidation sites excluding steroid dienone is 2. The van der Waals surface area contributed by atoms with Gasteiger partial charge in [0.15, 0.2) is 0 Å². The predicted molar refractivity (Wildman–Crippen MR) is 42.8 cm³/mol. The molecule has 1 rings (SSSR count). The van der Waals surface area contributed by atoms with Crippen LogP contribution in [0.5, 0.6) is 0 Å². The summed E-state index contributed by atoms with van der Waals surface area (Å²) in [6.07, 6.45) is 7.52. The molecule has 0 saturated heterocycles. The van der Waals surface area contributed by atoms with Gasteiger partial charge in [0.25, 0.3) is 0 Å². The Bertz CT molecular complexity index is 212. The summed E-state index contributed by atoms with van der Waals surface area (Å²) in [6.45, 7) is 2.58. The van der Waals surface area contributed by atoms with Crippen molar-refractivity contribution in [3.63, 3.8) is 0 Å². The summed E-state index contributed by atoms with van der Waals surface area (Å²) >= 11 is 0. The van der Waals surface area contributed by atoms with Crippen LogP contribution in [0.1, 0.15) is 6.92 Å². The van der Waals surface area contributed by atoms with Gasteiger partial charge in [-0.3, -0.25) is 0 Å². The van der Waals surface area contributed by atoms with Crippen molar-refractivity contribution in [2.45, 2.75) is 13.0 Å². The molecule has 2 heteroatoms. The molecule has 2 nitrogen and oxygen atoms in total. The minimum Gasteiger partial charge on any atom is -0.373 e. The molecule has 0 radical (unpaired) electrons. The van der Waals surface area contributed by atoms with Crippen LogP contribution in [-0.2, 0) is 4.74 Å². The molecule has 0 aromatic heterocycles. The monoisotopic (exact) mass is 149 g/mol. The first-order valence-corrected chi connectivity index (χ1v) is 3.74. The Morgan fingerprint density at radius 1 is 1.45 bits per heavy atom. The predicted octanol–water partition coefficient (Wildman–Crippen LogP) is 1.66. The normalized spacial score (nSPS) is 28.4. The van der Waals surface area contributed by atoms with Crippen molar-refractivity contribution in [1.82, 2.24) is 0 Å². The molecule has 0 spiro atoms. The molecular weight excluding hydrogens is 138 g/mol. The highest BCUT2D eigenvalue weighted by atomic mass is 16.5. The van der Waals surface area contributed by atoms with Crippen LogP contribution in [0.2, 0.25) is 0 Å². The van der Waals surface area contributed by atoms with Crippen LogP contribution in [0.25, 0.3) is 0 Å². The molecule has 0 aromatic rings. The lowest BCUT2D eigenvalue weighted by atomic mass is 9.99. The van der Waals surface area contributed by atoms with E-state index < -0.39 is 0 Å². The quantitative estimate of drug-likeness (QED) is 0.598. The molecule has 2 atom stereocenters. The Labute approximate surface area is 66.8 Å². The van der Waals surface area contributed by atoms with E-state index in [1.165, 1.54) is 0 Å². The van der Waals surface area contributed by atoms with Crippen LogP contribution < -0.4 is 0 Å². The molecule has 0 heterocycles. The van der Waals surface area contributed by atoms with E-state index >= 15 is 0 Å². The highest BCUT2D eigenvalue weighted by Gasteiger charge is 2.17. The summed E-state index contributed by atoms with van der Waals surface area (Å²) < 4.78 is 5.33. The number of ether oxygens (including phenoxy) is 1. The van der Waals surface area contributed by atoms with Crippen LogP contribution in [0.3, 0.4) is 0 Å². The lowest BCUT2D eigenvalue weighted by Gasteiger charge is -2.17. The summed E-state index contributed by atoms with van der Waals surface area (Å²) in [5, 5.41) is 8.67. The highest BCUT2D eigenvalue weighted by Crippen LogP contribution is 2.14. The van der Waals surface area contributed by atoms with Gasteiger partial charge in [0, 0.05) is 6.61 Å². The van der Waals surface area contributed by atoms with Crippen molar-refractivity contribution < 1.29 is 4.74 Å². The third-order valence-electron chi connectivity index (χ3n) is 1.59. The molecule has 0 saturated carbocycles. The van der Waals surface area contributed by atoms with Crippen LogP contribution >= 0.6 is 0 Å². The van der Waals surface area contributed by atoms with E-state index in [2.05, 4.69) is 6.07 Å². The number of rotatable bonds is 2. The number of nitriles is 1. The third kappa shape index (κ3) is 1.92. The maximum absolute atomic E-state index is 8.67. The Kier molecular flexibility index (Phi) is 2.88. The molecule has 1 aliphatic rings. The molecule has 58 valence electrons. The Morgan fingerprint density at radius 2 is 2.18 bits per heavy atom. The van der Waals surface area contributed by atoms with E-state index in [4.69, 9.17) is 10.00 Å². The SMILES string of the molecule is CCOC1C=CC=CC1C#N. The van der Waals surface area contributed by atoms with Gasteiger partial charge in [0.05, 0.1) is 18.1 Å². The molecular formula is C9H11NO. The highest BCUT2D eigenvalue weighted by molar-refractivity contribution is 5.20. The summed E-state index contributed by atoms with van der Waals surface area (Å²) in [7, 11) is 0. The standard InChI is InChI=1S/C9H11NO/c1-2-11-9-6-4-3-5-8(9)7-10/h3-6,8-9H,2H2,1H3. The van der Waals surface area contributed by atoms with Gasteiger partial charge in [-0.05, 0) is 6.92 Å². The first kappa shape index (κ1) is 8.03. The average molecular weight is 149 g/mol. The van der Waals surface area contributed by atoms with E-state index in [9.17, 15) is 0 Å². The first-order chi connectivity index (χ1) is 5.38. The molecule has 0 N–H and O–H groups in total. The summed E-state index contributed by atoms with van der Waals surface area (Å²) in [6, 6.07) is 2.18. The number of nitrogens with zero attached hydrogens (tertiary/aromatic N) is 1. The van der Waals surface area contributed by atoms with Crippen molar-refractivity contribution in [3.05, 3.63) is 24.3 Å². The van der Waals surface area contributed by atoms with Gasteiger partial charge in [0.2, 0.25) is 0 Å². The molecule has 0 amide bonds. The van der Waals surface area contributed by atoms with E-state index in [1.807, 2.05) is 31.2 Å². The zero-order valence-electron chi connectivity index (χ0n) is 6.53. The zero-order valence-corrected chi connectivity index (χ0v) is 6.53. The van der Waals surface area contributed by atoms with Crippen molar-refractivity contribution in [1.29, 1.82) is 5.26 Å². The Balaban J connectivity index is 2.57. The van der Waals surface area contributed by atoms with Gasteiger partial charge >= 0.3 is 0 Å². The molecule has 11 heavy (non-hydrogen) atoms. The van der Waals surface area contributed by atoms with Crippen molar-refractivity contribution in [2.75, 3.05) is 6.61 Å². The van der Waals surface area contributed by atoms with E-state index in [-0.39, 0.29) is 12.0 Å². The Morgan fingerprint density at radius 3 is 2.82 bits per heavy atom. The minimum absolute atomic E-state index is 0.0463. The molecule has 0 aliphatic heterocycles. The van der Waals surface area contributed by atoms with Crippen LogP contribution in [0.15, 0.2) is 24.3 Å². The number of hydrogen-bond acceptors (Lipinski definition) is 2. The zero-order chi connectivity index (χ0) is 8.10. The van der Waals surface area contributed by atoms with Crippen molar-refractivity contribution >= 4 is 0 Å². The lowest BCUT2D eigenvalue weighted by Crippen LogP contribution is -2.20. The second-order valence-electron chi connectivity index (χ2n) is 2.34. The summed E-state index contributed by atoms with van der Waals surface area (Å²) in [5.74, 6) is -0.111. The van der Waals surface area contributed by atoms with E-state index in [0.29, 0.717) is 6.61 Å². The van der Waals surface area contributed by atoms with Gasteiger partial charge in [-0.2, -0.15) is 5.26 Å². The van der Waals surface area contributed by atoms with E-state index in [0.717, 1.165) is 0 Å². The van der Waals surface area contributed by atoms with Crippen molar-refractivity contribution in [3.8, 4) is 6.07 Å². The third-order valence-corrected chi connectivity index (χ3v) is 1.59. The van der Waals surface area contributed by atoms with Crippen LogP contribution in [0, 0.1) is 17.2 Å².